The Balaban J connectivity index is 1.48. The fourth-order valence-electron chi connectivity index (χ4n) is 2.97. The van der Waals surface area contributed by atoms with Crippen LogP contribution in [-0.2, 0) is 6.42 Å². The first-order chi connectivity index (χ1) is 13.1. The summed E-state index contributed by atoms with van der Waals surface area (Å²) in [5.41, 5.74) is 1.92. The third-order valence-corrected chi connectivity index (χ3v) is 4.18. The van der Waals surface area contributed by atoms with Crippen molar-refractivity contribution < 1.29 is 13.9 Å². The summed E-state index contributed by atoms with van der Waals surface area (Å²) in [5, 5.41) is 12.1. The highest BCUT2D eigenvalue weighted by atomic mass is 16.5. The summed E-state index contributed by atoms with van der Waals surface area (Å²) in [7, 11) is 0. The van der Waals surface area contributed by atoms with Crippen molar-refractivity contribution in [2.75, 3.05) is 6.54 Å². The van der Waals surface area contributed by atoms with E-state index in [9.17, 15) is 4.79 Å². The molecule has 7 nitrogen and oxygen atoms in total. The van der Waals surface area contributed by atoms with Crippen molar-refractivity contribution in [2.24, 2.45) is 0 Å². The van der Waals surface area contributed by atoms with E-state index in [0.717, 1.165) is 16.9 Å². The van der Waals surface area contributed by atoms with Crippen LogP contribution >= 0.6 is 0 Å². The average Bonchev–Trinajstić information content (AvgIpc) is 3.28. The van der Waals surface area contributed by atoms with Gasteiger partial charge in [-0.15, -0.1) is 10.2 Å². The van der Waals surface area contributed by atoms with Crippen LogP contribution in [0, 0.1) is 0 Å². The van der Waals surface area contributed by atoms with Gasteiger partial charge in [0.15, 0.2) is 5.65 Å². The second-order valence-corrected chi connectivity index (χ2v) is 6.52. The maximum Gasteiger partial charge on any atom is 0.251 e. The molecule has 0 aliphatic rings. The third-order valence-electron chi connectivity index (χ3n) is 4.18. The van der Waals surface area contributed by atoms with E-state index >= 15 is 0 Å². The van der Waals surface area contributed by atoms with Crippen molar-refractivity contribution >= 4 is 22.5 Å². The minimum atomic E-state index is -0.185. The van der Waals surface area contributed by atoms with E-state index in [-0.39, 0.29) is 12.0 Å². The first-order valence-corrected chi connectivity index (χ1v) is 8.86. The van der Waals surface area contributed by atoms with Crippen LogP contribution < -0.4 is 10.1 Å². The molecular formula is C20H20N4O3. The fourth-order valence-corrected chi connectivity index (χ4v) is 2.97. The fraction of sp³-hybridized carbons (Fsp3) is 0.250. The molecule has 3 aromatic heterocycles. The Hall–Kier alpha value is -3.35. The van der Waals surface area contributed by atoms with Crippen LogP contribution in [0.1, 0.15) is 30.0 Å². The van der Waals surface area contributed by atoms with Crippen molar-refractivity contribution in [1.82, 2.24) is 19.9 Å². The van der Waals surface area contributed by atoms with Gasteiger partial charge in [-0.3, -0.25) is 9.20 Å². The van der Waals surface area contributed by atoms with E-state index < -0.39 is 0 Å². The van der Waals surface area contributed by atoms with Crippen molar-refractivity contribution in [2.45, 2.75) is 26.4 Å². The summed E-state index contributed by atoms with van der Waals surface area (Å²) >= 11 is 0. The molecule has 0 unspecified atom stereocenters. The zero-order valence-electron chi connectivity index (χ0n) is 15.2. The minimum Gasteiger partial charge on any atom is -0.490 e. The van der Waals surface area contributed by atoms with E-state index in [1.807, 2.05) is 48.7 Å². The predicted octanol–water partition coefficient (Wildman–Crippen LogP) is 3.24. The molecule has 27 heavy (non-hydrogen) atoms. The normalized spacial score (nSPS) is 11.4. The molecule has 1 aromatic carbocycles. The summed E-state index contributed by atoms with van der Waals surface area (Å²) in [4.78, 5) is 12.6. The highest BCUT2D eigenvalue weighted by Gasteiger charge is 2.14. The molecule has 1 amide bonds. The number of ether oxygens (including phenoxy) is 1. The molecule has 0 saturated carbocycles. The number of nitrogens with zero attached hydrogens (tertiary/aromatic N) is 3. The zero-order valence-corrected chi connectivity index (χ0v) is 15.2. The van der Waals surface area contributed by atoms with Crippen molar-refractivity contribution in [3.63, 3.8) is 0 Å². The second kappa shape index (κ2) is 7.11. The number of nitrogens with one attached hydrogen (secondary N) is 1. The summed E-state index contributed by atoms with van der Waals surface area (Å²) in [6.07, 6.45) is 4.08. The summed E-state index contributed by atoms with van der Waals surface area (Å²) < 4.78 is 13.2. The van der Waals surface area contributed by atoms with Gasteiger partial charge in [0.2, 0.25) is 0 Å². The quantitative estimate of drug-likeness (QED) is 0.568. The van der Waals surface area contributed by atoms with Gasteiger partial charge < -0.3 is 14.5 Å². The van der Waals surface area contributed by atoms with E-state index in [0.29, 0.717) is 29.9 Å². The number of hydrogen-bond donors (Lipinski definition) is 1. The molecule has 0 saturated heterocycles. The van der Waals surface area contributed by atoms with Gasteiger partial charge in [-0.1, -0.05) is 6.07 Å². The maximum atomic E-state index is 12.6. The molecule has 3 heterocycles. The Labute approximate surface area is 156 Å². The molecule has 0 aliphatic carbocycles. The van der Waals surface area contributed by atoms with Crippen molar-refractivity contribution in [3.05, 3.63) is 60.2 Å². The minimum absolute atomic E-state index is 0.00244. The highest BCUT2D eigenvalue weighted by molar-refractivity contribution is 5.99. The van der Waals surface area contributed by atoms with Crippen LogP contribution in [-0.4, -0.2) is 33.2 Å². The number of hydrogen-bond acceptors (Lipinski definition) is 5. The molecular weight excluding hydrogens is 344 g/mol. The van der Waals surface area contributed by atoms with Gasteiger partial charge in [0.1, 0.15) is 17.2 Å². The number of benzene rings is 1. The van der Waals surface area contributed by atoms with Crippen LogP contribution in [0.2, 0.25) is 0 Å². The van der Waals surface area contributed by atoms with E-state index in [1.165, 1.54) is 0 Å². The van der Waals surface area contributed by atoms with Crippen LogP contribution in [0.4, 0.5) is 0 Å². The number of pyridine rings is 1. The number of rotatable bonds is 6. The molecule has 7 heteroatoms. The summed E-state index contributed by atoms with van der Waals surface area (Å²) in [6, 6.07) is 11.0. The zero-order chi connectivity index (χ0) is 18.8. The summed E-state index contributed by atoms with van der Waals surface area (Å²) in [6.45, 7) is 4.34. The van der Waals surface area contributed by atoms with Crippen LogP contribution in [0.15, 0.2) is 53.3 Å². The Morgan fingerprint density at radius 3 is 3.00 bits per heavy atom. The molecule has 0 radical (unpaired) electrons. The lowest BCUT2D eigenvalue weighted by atomic mass is 10.1. The number of carbonyl (C=O) groups is 1. The molecule has 0 spiro atoms. The number of amides is 1. The Morgan fingerprint density at radius 2 is 2.15 bits per heavy atom. The number of aromatic nitrogens is 3. The van der Waals surface area contributed by atoms with Gasteiger partial charge in [-0.2, -0.15) is 0 Å². The lowest BCUT2D eigenvalue weighted by Gasteiger charge is -2.12. The Morgan fingerprint density at radius 1 is 1.26 bits per heavy atom. The number of furan rings is 1. The summed E-state index contributed by atoms with van der Waals surface area (Å²) in [5.74, 6) is 1.26. The Bertz CT molecular complexity index is 1100. The standard InChI is InChI=1S/C20H20N4O3/c1-13(2)27-17-12-14(11-16-15(17)7-10-26-16)20(25)21-8-6-19-23-22-18-5-3-4-9-24(18)19/h3-5,7,9-13H,6,8H2,1-2H3,(H,21,25). The maximum absolute atomic E-state index is 12.6. The second-order valence-electron chi connectivity index (χ2n) is 6.52. The first-order valence-electron chi connectivity index (χ1n) is 8.86. The molecule has 0 bridgehead atoms. The van der Waals surface area contributed by atoms with Gasteiger partial charge in [-0.05, 0) is 44.2 Å². The van der Waals surface area contributed by atoms with Crippen LogP contribution in [0.3, 0.4) is 0 Å². The molecule has 0 fully saturated rings. The average molecular weight is 364 g/mol. The molecule has 0 atom stereocenters. The van der Waals surface area contributed by atoms with Gasteiger partial charge >= 0.3 is 0 Å². The van der Waals surface area contributed by atoms with Gasteiger partial charge in [0.05, 0.1) is 17.8 Å². The molecule has 4 rings (SSSR count). The number of carbonyl (C=O) groups excluding carboxylic acids is 1. The lowest BCUT2D eigenvalue weighted by molar-refractivity contribution is 0.0953. The van der Waals surface area contributed by atoms with Crippen LogP contribution in [0.25, 0.3) is 16.6 Å². The van der Waals surface area contributed by atoms with Crippen molar-refractivity contribution in [3.8, 4) is 5.75 Å². The molecule has 4 aromatic rings. The van der Waals surface area contributed by atoms with E-state index in [2.05, 4.69) is 15.5 Å². The number of fused-ring (bicyclic) bond motifs is 2. The van der Waals surface area contributed by atoms with Crippen LogP contribution in [0.5, 0.6) is 5.75 Å². The predicted molar refractivity (Wildman–Crippen MR) is 101 cm³/mol. The van der Waals surface area contributed by atoms with E-state index in [4.69, 9.17) is 9.15 Å². The first kappa shape index (κ1) is 17.1. The third kappa shape index (κ3) is 3.48. The molecule has 138 valence electrons. The smallest absolute Gasteiger partial charge is 0.251 e. The van der Waals surface area contributed by atoms with Gasteiger partial charge in [0, 0.05) is 24.7 Å². The van der Waals surface area contributed by atoms with Gasteiger partial charge in [0.25, 0.3) is 5.91 Å². The van der Waals surface area contributed by atoms with Crippen molar-refractivity contribution in [1.29, 1.82) is 0 Å². The largest absolute Gasteiger partial charge is 0.490 e. The monoisotopic (exact) mass is 364 g/mol. The van der Waals surface area contributed by atoms with E-state index in [1.54, 1.807) is 18.4 Å². The lowest BCUT2D eigenvalue weighted by Crippen LogP contribution is -2.26. The highest BCUT2D eigenvalue weighted by Crippen LogP contribution is 2.29. The van der Waals surface area contributed by atoms with Gasteiger partial charge in [-0.25, -0.2) is 0 Å². The molecule has 0 aliphatic heterocycles. The Kier molecular flexibility index (Phi) is 4.50. The SMILES string of the molecule is CC(C)Oc1cc(C(=O)NCCc2nnc3ccccn23)cc2occc12. The molecule has 1 N–H and O–H groups in total. The topological polar surface area (TPSA) is 81.7 Å².